The first-order valence-electron chi connectivity index (χ1n) is 19.3. The van der Waals surface area contributed by atoms with E-state index in [-0.39, 0.29) is 37.3 Å². The summed E-state index contributed by atoms with van der Waals surface area (Å²) in [5, 5.41) is 11.4. The number of hydrogen-bond donors (Lipinski definition) is 1. The van der Waals surface area contributed by atoms with Crippen molar-refractivity contribution in [1.82, 2.24) is 19.7 Å². The third kappa shape index (κ3) is 9.16. The second-order valence-electron chi connectivity index (χ2n) is 16.5. The van der Waals surface area contributed by atoms with Crippen molar-refractivity contribution in [2.45, 2.75) is 135 Å². The Labute approximate surface area is 321 Å². The van der Waals surface area contributed by atoms with Crippen LogP contribution in [0.1, 0.15) is 80.2 Å². The number of likely N-dealkylation sites (N-methyl/N-ethyl adjacent to an activating group) is 2. The molecule has 0 bridgehead atoms. The summed E-state index contributed by atoms with van der Waals surface area (Å²) in [4.78, 5) is 66.4. The first-order chi connectivity index (χ1) is 25.3. The molecule has 0 saturated carbocycles. The molecule has 0 radical (unpaired) electrons. The molecule has 1 amide bonds. The number of Topliss-reactive ketones (excluding diaryl/α,β-unsaturated/α-hetero) is 2. The maximum absolute atomic E-state index is 14.6. The van der Waals surface area contributed by atoms with Crippen LogP contribution in [0.3, 0.4) is 0 Å². The smallest absolute Gasteiger partial charge is 0.410 e. The van der Waals surface area contributed by atoms with Crippen molar-refractivity contribution in [3.05, 3.63) is 30.1 Å². The first-order valence-corrected chi connectivity index (χ1v) is 19.3. The number of methoxy groups -OCH3 is 1. The van der Waals surface area contributed by atoms with Crippen molar-refractivity contribution in [2.75, 3.05) is 41.3 Å². The van der Waals surface area contributed by atoms with Gasteiger partial charge in [-0.15, -0.1) is 0 Å². The van der Waals surface area contributed by atoms with E-state index in [4.69, 9.17) is 23.7 Å². The second-order valence-corrected chi connectivity index (χ2v) is 16.5. The molecule has 3 aliphatic rings. The molecule has 4 rings (SSSR count). The Bertz CT molecular complexity index is 1470. The summed E-state index contributed by atoms with van der Waals surface area (Å²) in [5.74, 6) is -4.94. The number of ketones is 2. The molecule has 54 heavy (non-hydrogen) atoms. The lowest BCUT2D eigenvalue weighted by Crippen LogP contribution is -2.60. The number of nitrogens with zero attached hydrogens (tertiary/aromatic N) is 4. The molecule has 0 aliphatic carbocycles. The van der Waals surface area contributed by atoms with E-state index in [0.29, 0.717) is 19.5 Å². The number of pyridine rings is 1. The molecule has 3 saturated heterocycles. The number of amides is 1. The Hall–Kier alpha value is -3.01. The summed E-state index contributed by atoms with van der Waals surface area (Å²) in [5.41, 5.74) is -1.65. The largest absolute Gasteiger partial charge is 0.458 e. The van der Waals surface area contributed by atoms with Crippen molar-refractivity contribution in [3.8, 4) is 0 Å². The summed E-state index contributed by atoms with van der Waals surface area (Å²) in [6, 6.07) is 2.77. The van der Waals surface area contributed by atoms with Crippen LogP contribution in [0.15, 0.2) is 24.5 Å². The second kappa shape index (κ2) is 17.8. The van der Waals surface area contributed by atoms with Crippen molar-refractivity contribution in [2.24, 2.45) is 23.7 Å². The van der Waals surface area contributed by atoms with Crippen LogP contribution < -0.4 is 0 Å². The van der Waals surface area contributed by atoms with E-state index in [2.05, 4.69) is 9.88 Å². The molecule has 3 aliphatic heterocycles. The maximum atomic E-state index is 14.6. The van der Waals surface area contributed by atoms with Crippen molar-refractivity contribution in [1.29, 1.82) is 0 Å². The monoisotopic (exact) mass is 760 g/mol. The number of fused-ring (bicyclic) bond motifs is 1. The van der Waals surface area contributed by atoms with Crippen molar-refractivity contribution in [3.63, 3.8) is 0 Å². The Morgan fingerprint density at radius 3 is 2.31 bits per heavy atom. The zero-order valence-corrected chi connectivity index (χ0v) is 34.3. The summed E-state index contributed by atoms with van der Waals surface area (Å²) in [6.07, 6.45) is -0.542. The third-order valence-electron chi connectivity index (χ3n) is 12.1. The number of carbonyl (C=O) groups excluding carboxylic acids is 4. The first kappa shape index (κ1) is 43.7. The molecule has 1 aromatic rings. The highest BCUT2D eigenvalue weighted by Gasteiger charge is 2.60. The Balaban J connectivity index is 1.73. The number of cyclic esters (lactones) is 1. The number of hydrogen-bond acceptors (Lipinski definition) is 13. The number of aliphatic hydroxyl groups is 1. The highest BCUT2D eigenvalue weighted by molar-refractivity contribution is 6.00. The number of rotatable bonds is 10. The van der Waals surface area contributed by atoms with Gasteiger partial charge in [-0.1, -0.05) is 33.8 Å². The highest BCUT2D eigenvalue weighted by atomic mass is 16.7. The zero-order chi connectivity index (χ0) is 40.3. The molecule has 304 valence electrons. The van der Waals surface area contributed by atoms with Crippen LogP contribution in [0, 0.1) is 23.7 Å². The summed E-state index contributed by atoms with van der Waals surface area (Å²) >= 11 is 0. The van der Waals surface area contributed by atoms with Gasteiger partial charge in [-0.2, -0.15) is 0 Å². The normalized spacial score (nSPS) is 38.6. The van der Waals surface area contributed by atoms with Crippen LogP contribution in [0.25, 0.3) is 0 Å². The molecular formula is C40H64N4O10. The van der Waals surface area contributed by atoms with Crippen LogP contribution in [-0.4, -0.2) is 144 Å². The standard InChI is InChI=1S/C40H64N4O10/c1-13-30-40(8)34(44(38(49)54-40)18-17-43(11)22-28-15-14-16-41-21-28)25(4)31(45)23(2)20-39(7,50-12)35(26(5)32(46)27(6)36(48)52-30)53-37-33(47)29(42(9)10)19-24(3)51-37/h14-16,21,23-27,29-30,33-35,37,47H,13,17-20,22H2,1-12H3/t23-,24-,25+,26+,27-,29+,30-,33-,34-,35-,37+,39-,40-/m1/s1. The van der Waals surface area contributed by atoms with Crippen LogP contribution in [-0.2, 0) is 44.6 Å². The van der Waals surface area contributed by atoms with Gasteiger partial charge >= 0.3 is 12.1 Å². The molecule has 13 atom stereocenters. The molecule has 1 N–H and O–H groups in total. The molecule has 3 fully saturated rings. The Kier molecular flexibility index (Phi) is 14.4. The predicted octanol–water partition coefficient (Wildman–Crippen LogP) is 3.72. The van der Waals surface area contributed by atoms with Gasteiger partial charge in [-0.3, -0.25) is 24.3 Å². The molecule has 0 unspecified atom stereocenters. The van der Waals surface area contributed by atoms with E-state index >= 15 is 0 Å². The van der Waals surface area contributed by atoms with Gasteiger partial charge in [0.15, 0.2) is 17.7 Å². The number of esters is 1. The summed E-state index contributed by atoms with van der Waals surface area (Å²) in [7, 11) is 7.18. The lowest BCUT2D eigenvalue weighted by molar-refractivity contribution is -0.295. The molecule has 0 spiro atoms. The lowest BCUT2D eigenvalue weighted by atomic mass is 9.73. The van der Waals surface area contributed by atoms with Crippen LogP contribution >= 0.6 is 0 Å². The van der Waals surface area contributed by atoms with Crippen LogP contribution in [0.2, 0.25) is 0 Å². The fraction of sp³-hybridized carbons (Fsp3) is 0.775. The van der Waals surface area contributed by atoms with Gasteiger partial charge in [-0.25, -0.2) is 4.79 Å². The van der Waals surface area contributed by atoms with E-state index < -0.39 is 83.4 Å². The fourth-order valence-corrected chi connectivity index (χ4v) is 8.87. The molecule has 0 aromatic carbocycles. The SMILES string of the molecule is CC[C@H]1OC(=O)[C@H](C)C(=O)[C@H](C)[C@@H](O[C@@H]2O[C@H](C)C[C@H](N(C)C)[C@H]2O)[C@](C)(OC)C[C@@H](C)C(=O)[C@H](C)[C@H]2N(CCN(C)Cc3cccnc3)C(=O)O[C@]12C. The predicted molar refractivity (Wildman–Crippen MR) is 200 cm³/mol. The highest BCUT2D eigenvalue weighted by Crippen LogP contribution is 2.43. The fourth-order valence-electron chi connectivity index (χ4n) is 8.87. The van der Waals surface area contributed by atoms with Gasteiger partial charge in [-0.05, 0) is 79.7 Å². The minimum atomic E-state index is -1.40. The Morgan fingerprint density at radius 1 is 1.04 bits per heavy atom. The molecular weight excluding hydrogens is 696 g/mol. The van der Waals surface area contributed by atoms with Gasteiger partial charge in [0.2, 0.25) is 0 Å². The minimum absolute atomic E-state index is 0.132. The average molecular weight is 761 g/mol. The maximum Gasteiger partial charge on any atom is 0.410 e. The van der Waals surface area contributed by atoms with E-state index in [9.17, 15) is 24.3 Å². The zero-order valence-electron chi connectivity index (χ0n) is 34.3. The summed E-state index contributed by atoms with van der Waals surface area (Å²) < 4.78 is 31.1. The van der Waals surface area contributed by atoms with Gasteiger partial charge < -0.3 is 38.6 Å². The number of carbonyl (C=O) groups is 4. The van der Waals surface area contributed by atoms with Gasteiger partial charge in [0.25, 0.3) is 0 Å². The van der Waals surface area contributed by atoms with Crippen molar-refractivity contribution >= 4 is 23.6 Å². The van der Waals surface area contributed by atoms with Gasteiger partial charge in [0.05, 0.1) is 23.9 Å². The molecule has 4 heterocycles. The molecule has 14 nitrogen and oxygen atoms in total. The third-order valence-corrected chi connectivity index (χ3v) is 12.1. The van der Waals surface area contributed by atoms with E-state index in [1.807, 2.05) is 58.9 Å². The topological polar surface area (TPSA) is 157 Å². The number of aliphatic hydroxyl groups excluding tert-OH is 1. The van der Waals surface area contributed by atoms with E-state index in [0.717, 1.165) is 5.56 Å². The number of aromatic nitrogens is 1. The van der Waals surface area contributed by atoms with Crippen molar-refractivity contribution < 1.29 is 48.0 Å². The quantitative estimate of drug-likeness (QED) is 0.272. The summed E-state index contributed by atoms with van der Waals surface area (Å²) in [6.45, 7) is 15.3. The number of ether oxygens (including phenoxy) is 5. The molecule has 1 aromatic heterocycles. The van der Waals surface area contributed by atoms with Crippen LogP contribution in [0.4, 0.5) is 4.79 Å². The van der Waals surface area contributed by atoms with E-state index in [1.54, 1.807) is 45.0 Å². The van der Waals surface area contributed by atoms with E-state index in [1.165, 1.54) is 14.0 Å². The lowest BCUT2D eigenvalue weighted by Gasteiger charge is -2.47. The molecule has 14 heteroatoms. The van der Waals surface area contributed by atoms with Crippen LogP contribution in [0.5, 0.6) is 0 Å². The average Bonchev–Trinajstić information content (AvgIpc) is 3.39. The minimum Gasteiger partial charge on any atom is -0.458 e. The van der Waals surface area contributed by atoms with Gasteiger partial charge in [0, 0.05) is 62.9 Å². The van der Waals surface area contributed by atoms with Gasteiger partial charge in [0.1, 0.15) is 23.9 Å². The Morgan fingerprint density at radius 2 is 1.72 bits per heavy atom.